The minimum absolute atomic E-state index is 0.185. The summed E-state index contributed by atoms with van der Waals surface area (Å²) in [5.74, 6) is 0.224. The maximum Gasteiger partial charge on any atom is 0.356 e. The molecule has 0 spiro atoms. The monoisotopic (exact) mass is 197 g/mol. The quantitative estimate of drug-likeness (QED) is 0.673. The molecule has 5 heteroatoms. The largest absolute Gasteiger partial charge is 0.491 e. The van der Waals surface area contributed by atoms with Gasteiger partial charge in [0.25, 0.3) is 5.88 Å². The van der Waals surface area contributed by atoms with Crippen molar-refractivity contribution < 1.29 is 19.0 Å². The number of carbonyl (C=O) groups is 1. The lowest BCUT2D eigenvalue weighted by molar-refractivity contribution is 0.0593. The summed E-state index contributed by atoms with van der Waals surface area (Å²) in [5, 5.41) is 0. The van der Waals surface area contributed by atoms with Crippen LogP contribution in [0.25, 0.3) is 0 Å². The van der Waals surface area contributed by atoms with Gasteiger partial charge in [0.2, 0.25) is 0 Å². The SMILES string of the molecule is COC(=O)c1ccc(OC)c(OC)n1. The molecule has 0 fully saturated rings. The smallest absolute Gasteiger partial charge is 0.356 e. The summed E-state index contributed by atoms with van der Waals surface area (Å²) in [5.41, 5.74) is 0.185. The van der Waals surface area contributed by atoms with Crippen molar-refractivity contribution >= 4 is 5.97 Å². The molecule has 1 heterocycles. The van der Waals surface area contributed by atoms with E-state index >= 15 is 0 Å². The highest BCUT2D eigenvalue weighted by atomic mass is 16.5. The number of ether oxygens (including phenoxy) is 3. The van der Waals surface area contributed by atoms with E-state index in [1.807, 2.05) is 0 Å². The zero-order chi connectivity index (χ0) is 10.6. The van der Waals surface area contributed by atoms with Crippen molar-refractivity contribution in [2.45, 2.75) is 0 Å². The van der Waals surface area contributed by atoms with Crippen molar-refractivity contribution in [3.05, 3.63) is 17.8 Å². The summed E-state index contributed by atoms with van der Waals surface area (Å²) in [4.78, 5) is 15.0. The van der Waals surface area contributed by atoms with Gasteiger partial charge in [0.15, 0.2) is 11.4 Å². The fraction of sp³-hybridized carbons (Fsp3) is 0.333. The number of methoxy groups -OCH3 is 3. The lowest BCUT2D eigenvalue weighted by atomic mass is 10.3. The first-order chi connectivity index (χ1) is 6.72. The predicted octanol–water partition coefficient (Wildman–Crippen LogP) is 0.885. The molecule has 0 amide bonds. The summed E-state index contributed by atoms with van der Waals surface area (Å²) in [7, 11) is 4.24. The molecule has 76 valence electrons. The standard InChI is InChI=1S/C9H11NO4/c1-12-7-5-4-6(9(11)14-3)10-8(7)13-2/h4-5H,1-3H3. The van der Waals surface area contributed by atoms with E-state index < -0.39 is 5.97 Å². The van der Waals surface area contributed by atoms with Crippen LogP contribution in [-0.4, -0.2) is 32.3 Å². The second-order valence-corrected chi connectivity index (χ2v) is 2.40. The topological polar surface area (TPSA) is 57.7 Å². The Morgan fingerprint density at radius 3 is 2.43 bits per heavy atom. The van der Waals surface area contributed by atoms with Crippen LogP contribution in [-0.2, 0) is 4.74 Å². The van der Waals surface area contributed by atoms with Crippen molar-refractivity contribution in [3.63, 3.8) is 0 Å². The van der Waals surface area contributed by atoms with Crippen LogP contribution in [0.3, 0.4) is 0 Å². The highest BCUT2D eigenvalue weighted by molar-refractivity contribution is 5.87. The van der Waals surface area contributed by atoms with Gasteiger partial charge in [-0.2, -0.15) is 0 Å². The van der Waals surface area contributed by atoms with E-state index in [9.17, 15) is 4.79 Å². The molecule has 0 aliphatic carbocycles. The Hall–Kier alpha value is -1.78. The Morgan fingerprint density at radius 2 is 1.93 bits per heavy atom. The first kappa shape index (κ1) is 10.3. The van der Waals surface area contributed by atoms with E-state index in [1.54, 1.807) is 6.07 Å². The molecule has 14 heavy (non-hydrogen) atoms. The number of carbonyl (C=O) groups excluding carboxylic acids is 1. The second-order valence-electron chi connectivity index (χ2n) is 2.40. The summed E-state index contributed by atoms with van der Waals surface area (Å²) >= 11 is 0. The van der Waals surface area contributed by atoms with Gasteiger partial charge in [-0.05, 0) is 12.1 Å². The maximum absolute atomic E-state index is 11.1. The Kier molecular flexibility index (Phi) is 3.28. The van der Waals surface area contributed by atoms with Crippen molar-refractivity contribution in [2.24, 2.45) is 0 Å². The van der Waals surface area contributed by atoms with Gasteiger partial charge in [-0.1, -0.05) is 0 Å². The van der Waals surface area contributed by atoms with Crippen LogP contribution < -0.4 is 9.47 Å². The van der Waals surface area contributed by atoms with Crippen molar-refractivity contribution in [2.75, 3.05) is 21.3 Å². The summed E-state index contributed by atoms with van der Waals surface area (Å²) < 4.78 is 14.4. The van der Waals surface area contributed by atoms with E-state index in [-0.39, 0.29) is 11.6 Å². The predicted molar refractivity (Wildman–Crippen MR) is 48.7 cm³/mol. The molecule has 1 aromatic rings. The van der Waals surface area contributed by atoms with Crippen LogP contribution in [0.1, 0.15) is 10.5 Å². The molecule has 0 aromatic carbocycles. The number of rotatable bonds is 3. The second kappa shape index (κ2) is 4.45. The van der Waals surface area contributed by atoms with Crippen LogP contribution >= 0.6 is 0 Å². The molecule has 5 nitrogen and oxygen atoms in total. The molecule has 0 saturated carbocycles. The molecular formula is C9H11NO4. The molecule has 0 N–H and O–H groups in total. The normalized spacial score (nSPS) is 9.36. The van der Waals surface area contributed by atoms with Crippen molar-refractivity contribution in [3.8, 4) is 11.6 Å². The minimum Gasteiger partial charge on any atom is -0.491 e. The van der Waals surface area contributed by atoms with Crippen molar-refractivity contribution in [1.29, 1.82) is 0 Å². The lowest BCUT2D eigenvalue weighted by Crippen LogP contribution is -2.05. The number of hydrogen-bond donors (Lipinski definition) is 0. The Morgan fingerprint density at radius 1 is 1.21 bits per heavy atom. The average molecular weight is 197 g/mol. The fourth-order valence-electron chi connectivity index (χ4n) is 0.948. The molecule has 0 atom stereocenters. The molecule has 0 aliphatic rings. The Labute approximate surface area is 81.6 Å². The van der Waals surface area contributed by atoms with Gasteiger partial charge in [-0.15, -0.1) is 0 Å². The minimum atomic E-state index is -0.508. The van der Waals surface area contributed by atoms with Crippen LogP contribution in [0.15, 0.2) is 12.1 Å². The Balaban J connectivity index is 3.07. The molecule has 0 bridgehead atoms. The number of hydrogen-bond acceptors (Lipinski definition) is 5. The maximum atomic E-state index is 11.1. The average Bonchev–Trinajstić information content (AvgIpc) is 2.26. The van der Waals surface area contributed by atoms with Gasteiger partial charge in [0, 0.05) is 0 Å². The van der Waals surface area contributed by atoms with E-state index in [2.05, 4.69) is 9.72 Å². The van der Waals surface area contributed by atoms with Crippen LogP contribution in [0.2, 0.25) is 0 Å². The van der Waals surface area contributed by atoms with Crippen LogP contribution in [0, 0.1) is 0 Å². The number of aromatic nitrogens is 1. The zero-order valence-corrected chi connectivity index (χ0v) is 8.23. The molecule has 1 rings (SSSR count). The van der Waals surface area contributed by atoms with Gasteiger partial charge in [0.05, 0.1) is 21.3 Å². The van der Waals surface area contributed by atoms with E-state index in [1.165, 1.54) is 27.4 Å². The summed E-state index contributed by atoms with van der Waals surface area (Å²) in [6.45, 7) is 0. The van der Waals surface area contributed by atoms with Gasteiger partial charge >= 0.3 is 5.97 Å². The number of nitrogens with zero attached hydrogens (tertiary/aromatic N) is 1. The van der Waals surface area contributed by atoms with Gasteiger partial charge in [0.1, 0.15) is 0 Å². The highest BCUT2D eigenvalue weighted by Gasteiger charge is 2.11. The fourth-order valence-corrected chi connectivity index (χ4v) is 0.948. The molecule has 0 radical (unpaired) electrons. The molecular weight excluding hydrogens is 186 g/mol. The van der Waals surface area contributed by atoms with Gasteiger partial charge < -0.3 is 14.2 Å². The number of esters is 1. The summed E-state index contributed by atoms with van der Waals surface area (Å²) in [6, 6.07) is 3.10. The molecule has 0 unspecified atom stereocenters. The molecule has 1 aromatic heterocycles. The van der Waals surface area contributed by atoms with Crippen LogP contribution in [0.4, 0.5) is 0 Å². The first-order valence-electron chi connectivity index (χ1n) is 3.90. The van der Waals surface area contributed by atoms with Crippen LogP contribution in [0.5, 0.6) is 11.6 Å². The Bertz CT molecular complexity index is 338. The van der Waals surface area contributed by atoms with E-state index in [4.69, 9.17) is 9.47 Å². The third kappa shape index (κ3) is 1.93. The van der Waals surface area contributed by atoms with Crippen molar-refractivity contribution in [1.82, 2.24) is 4.98 Å². The third-order valence-electron chi connectivity index (χ3n) is 1.63. The third-order valence-corrected chi connectivity index (χ3v) is 1.63. The van der Waals surface area contributed by atoms with Gasteiger partial charge in [-0.25, -0.2) is 9.78 Å². The number of pyridine rings is 1. The molecule has 0 saturated heterocycles. The first-order valence-corrected chi connectivity index (χ1v) is 3.90. The zero-order valence-electron chi connectivity index (χ0n) is 8.23. The highest BCUT2D eigenvalue weighted by Crippen LogP contribution is 2.23. The summed E-state index contributed by atoms with van der Waals surface area (Å²) in [6.07, 6.45) is 0. The molecule has 0 aliphatic heterocycles. The van der Waals surface area contributed by atoms with E-state index in [0.717, 1.165) is 0 Å². The lowest BCUT2D eigenvalue weighted by Gasteiger charge is -2.06. The van der Waals surface area contributed by atoms with Gasteiger partial charge in [-0.3, -0.25) is 0 Å². The van der Waals surface area contributed by atoms with E-state index in [0.29, 0.717) is 5.75 Å².